The highest BCUT2D eigenvalue weighted by atomic mass is 32.2. The smallest absolute Gasteiger partial charge is 0.212 e. The molecule has 0 heterocycles. The molecule has 1 aliphatic carbocycles. The number of aliphatic hydroxyl groups is 1. The van der Waals surface area contributed by atoms with Gasteiger partial charge in [-0.3, -0.25) is 0 Å². The van der Waals surface area contributed by atoms with Crippen LogP contribution in [0.5, 0.6) is 0 Å². The first-order valence-electron chi connectivity index (χ1n) is 5.68. The second-order valence-corrected chi connectivity index (χ2v) is 6.11. The van der Waals surface area contributed by atoms with Crippen LogP contribution in [0.15, 0.2) is 0 Å². The van der Waals surface area contributed by atoms with Gasteiger partial charge in [-0.2, -0.15) is 0 Å². The maximum absolute atomic E-state index is 11.7. The Balaban J connectivity index is 2.38. The summed E-state index contributed by atoms with van der Waals surface area (Å²) in [7, 11) is -3.14. The van der Waals surface area contributed by atoms with Gasteiger partial charge in [0.2, 0.25) is 10.0 Å². The molecule has 0 radical (unpaired) electrons. The van der Waals surface area contributed by atoms with E-state index in [1.54, 1.807) is 0 Å². The first kappa shape index (κ1) is 12.9. The minimum Gasteiger partial charge on any atom is -0.396 e. The molecule has 5 heteroatoms. The summed E-state index contributed by atoms with van der Waals surface area (Å²) in [5, 5.41) is 8.77. The fraction of sp³-hybridized carbons (Fsp3) is 1.00. The van der Waals surface area contributed by atoms with Crippen LogP contribution >= 0.6 is 0 Å². The predicted molar refractivity (Wildman–Crippen MR) is 60.0 cm³/mol. The lowest BCUT2D eigenvalue weighted by molar-refractivity contribution is 0.270. The Morgan fingerprint density at radius 3 is 2.53 bits per heavy atom. The second-order valence-electron chi connectivity index (χ2n) is 4.31. The lowest BCUT2D eigenvalue weighted by atomic mass is 9.87. The van der Waals surface area contributed by atoms with E-state index in [1.807, 2.05) is 6.92 Å². The highest BCUT2D eigenvalue weighted by molar-refractivity contribution is 7.89. The van der Waals surface area contributed by atoms with E-state index in [0.29, 0.717) is 12.3 Å². The molecule has 2 N–H and O–H groups in total. The zero-order valence-electron chi connectivity index (χ0n) is 9.28. The van der Waals surface area contributed by atoms with Gasteiger partial charge in [0.1, 0.15) is 0 Å². The number of aliphatic hydroxyl groups excluding tert-OH is 1. The normalized spacial score (nSPS) is 19.9. The van der Waals surface area contributed by atoms with Gasteiger partial charge in [0.05, 0.1) is 5.75 Å². The van der Waals surface area contributed by atoms with Crippen LogP contribution in [0.1, 0.15) is 39.0 Å². The summed E-state index contributed by atoms with van der Waals surface area (Å²) in [5.74, 6) is 0.615. The molecule has 0 aliphatic heterocycles. The van der Waals surface area contributed by atoms with Crippen molar-refractivity contribution in [1.29, 1.82) is 0 Å². The van der Waals surface area contributed by atoms with Crippen LogP contribution in [0.4, 0.5) is 0 Å². The van der Waals surface area contributed by atoms with Crippen molar-refractivity contribution >= 4 is 10.0 Å². The van der Waals surface area contributed by atoms with Crippen LogP contribution < -0.4 is 4.72 Å². The molecule has 0 saturated heterocycles. The Labute approximate surface area is 92.1 Å². The summed E-state index contributed by atoms with van der Waals surface area (Å²) < 4.78 is 26.0. The van der Waals surface area contributed by atoms with E-state index in [0.717, 1.165) is 25.7 Å². The first-order valence-corrected chi connectivity index (χ1v) is 7.33. The average molecular weight is 235 g/mol. The standard InChI is InChI=1S/C10H21NO3S/c1-2-10(6-7-12)11-15(13,14)8-9-4-3-5-9/h9-12H,2-8H2,1H3. The topological polar surface area (TPSA) is 66.4 Å². The Morgan fingerprint density at radius 2 is 2.13 bits per heavy atom. The van der Waals surface area contributed by atoms with Gasteiger partial charge >= 0.3 is 0 Å². The van der Waals surface area contributed by atoms with Gasteiger partial charge in [0.15, 0.2) is 0 Å². The summed E-state index contributed by atoms with van der Waals surface area (Å²) in [6.07, 6.45) is 4.47. The van der Waals surface area contributed by atoms with Crippen molar-refractivity contribution in [1.82, 2.24) is 4.72 Å². The fourth-order valence-corrected chi connectivity index (χ4v) is 3.62. The van der Waals surface area contributed by atoms with E-state index in [1.165, 1.54) is 0 Å². The first-order chi connectivity index (χ1) is 7.07. The van der Waals surface area contributed by atoms with Crippen LogP contribution in [-0.4, -0.2) is 31.9 Å². The van der Waals surface area contributed by atoms with E-state index in [4.69, 9.17) is 5.11 Å². The molecule has 0 aromatic rings. The van der Waals surface area contributed by atoms with Crippen molar-refractivity contribution in [3.8, 4) is 0 Å². The van der Waals surface area contributed by atoms with Crippen molar-refractivity contribution in [3.05, 3.63) is 0 Å². The highest BCUT2D eigenvalue weighted by Gasteiger charge is 2.25. The molecule has 15 heavy (non-hydrogen) atoms. The third-order valence-electron chi connectivity index (χ3n) is 3.00. The molecule has 1 fully saturated rings. The third-order valence-corrected chi connectivity index (χ3v) is 4.60. The van der Waals surface area contributed by atoms with Gasteiger partial charge in [-0.05, 0) is 31.6 Å². The molecule has 1 unspecified atom stereocenters. The minimum absolute atomic E-state index is 0.0322. The summed E-state index contributed by atoms with van der Waals surface area (Å²) in [6.45, 7) is 1.96. The maximum Gasteiger partial charge on any atom is 0.212 e. The molecular weight excluding hydrogens is 214 g/mol. The SMILES string of the molecule is CCC(CCO)NS(=O)(=O)CC1CCC1. The lowest BCUT2D eigenvalue weighted by Crippen LogP contribution is -2.39. The second kappa shape index (κ2) is 5.82. The summed E-state index contributed by atoms with van der Waals surface area (Å²) in [6, 6.07) is -0.111. The molecule has 0 aromatic carbocycles. The van der Waals surface area contributed by atoms with Gasteiger partial charge in [0.25, 0.3) is 0 Å². The molecule has 1 atom stereocenters. The van der Waals surface area contributed by atoms with Gasteiger partial charge in [-0.25, -0.2) is 13.1 Å². The Bertz CT molecular complexity index is 272. The van der Waals surface area contributed by atoms with Crippen LogP contribution in [0.2, 0.25) is 0 Å². The molecule has 90 valence electrons. The van der Waals surface area contributed by atoms with Crippen LogP contribution in [0.25, 0.3) is 0 Å². The highest BCUT2D eigenvalue weighted by Crippen LogP contribution is 2.27. The quantitative estimate of drug-likeness (QED) is 0.688. The Morgan fingerprint density at radius 1 is 1.47 bits per heavy atom. The van der Waals surface area contributed by atoms with E-state index in [-0.39, 0.29) is 18.4 Å². The summed E-state index contributed by atoms with van der Waals surface area (Å²) >= 11 is 0. The molecule has 0 spiro atoms. The molecule has 0 aromatic heterocycles. The zero-order valence-corrected chi connectivity index (χ0v) is 10.1. The van der Waals surface area contributed by atoms with Gasteiger partial charge in [-0.15, -0.1) is 0 Å². The molecule has 1 aliphatic rings. The van der Waals surface area contributed by atoms with Crippen molar-refractivity contribution < 1.29 is 13.5 Å². The Kier molecular flexibility index (Phi) is 5.02. The van der Waals surface area contributed by atoms with Crippen LogP contribution in [-0.2, 0) is 10.0 Å². The van der Waals surface area contributed by atoms with E-state index >= 15 is 0 Å². The van der Waals surface area contributed by atoms with Crippen LogP contribution in [0.3, 0.4) is 0 Å². The number of sulfonamides is 1. The molecule has 4 nitrogen and oxygen atoms in total. The maximum atomic E-state index is 11.7. The van der Waals surface area contributed by atoms with E-state index in [9.17, 15) is 8.42 Å². The molecular formula is C10H21NO3S. The fourth-order valence-electron chi connectivity index (χ4n) is 1.77. The van der Waals surface area contributed by atoms with Gasteiger partial charge in [0, 0.05) is 12.6 Å². The molecule has 1 saturated carbocycles. The van der Waals surface area contributed by atoms with Gasteiger partial charge < -0.3 is 5.11 Å². The Hall–Kier alpha value is -0.130. The van der Waals surface area contributed by atoms with Crippen molar-refractivity contribution in [2.75, 3.05) is 12.4 Å². The number of hydrogen-bond donors (Lipinski definition) is 2. The van der Waals surface area contributed by atoms with Crippen LogP contribution in [0, 0.1) is 5.92 Å². The molecule has 0 bridgehead atoms. The number of hydrogen-bond acceptors (Lipinski definition) is 3. The minimum atomic E-state index is -3.14. The largest absolute Gasteiger partial charge is 0.396 e. The van der Waals surface area contributed by atoms with Gasteiger partial charge in [-0.1, -0.05) is 13.3 Å². The predicted octanol–water partition coefficient (Wildman–Crippen LogP) is 0.867. The monoisotopic (exact) mass is 235 g/mol. The number of nitrogens with one attached hydrogen (secondary N) is 1. The van der Waals surface area contributed by atoms with Crippen molar-refractivity contribution in [2.45, 2.75) is 45.1 Å². The molecule has 1 rings (SSSR count). The molecule has 0 amide bonds. The van der Waals surface area contributed by atoms with E-state index in [2.05, 4.69) is 4.72 Å². The number of rotatable bonds is 7. The van der Waals surface area contributed by atoms with Crippen molar-refractivity contribution in [3.63, 3.8) is 0 Å². The van der Waals surface area contributed by atoms with E-state index < -0.39 is 10.0 Å². The summed E-state index contributed by atoms with van der Waals surface area (Å²) in [4.78, 5) is 0. The van der Waals surface area contributed by atoms with Crippen molar-refractivity contribution in [2.24, 2.45) is 5.92 Å². The summed E-state index contributed by atoms with van der Waals surface area (Å²) in [5.41, 5.74) is 0. The zero-order chi connectivity index (χ0) is 11.3. The lowest BCUT2D eigenvalue weighted by Gasteiger charge is -2.26. The third kappa shape index (κ3) is 4.49. The average Bonchev–Trinajstić information content (AvgIpc) is 2.11.